The molecule has 3 rings (SSSR count). The van der Waals surface area contributed by atoms with E-state index in [1.54, 1.807) is 0 Å². The molecule has 1 unspecified atom stereocenters. The Kier molecular flexibility index (Phi) is 3.99. The first-order chi connectivity index (χ1) is 11.3. The molecule has 126 valence electrons. The van der Waals surface area contributed by atoms with Gasteiger partial charge in [0.1, 0.15) is 6.10 Å². The fourth-order valence-electron chi connectivity index (χ4n) is 3.50. The van der Waals surface area contributed by atoms with Crippen molar-refractivity contribution >= 4 is 11.8 Å². The third-order valence-electron chi connectivity index (χ3n) is 4.71. The molecule has 0 saturated carbocycles. The number of fused-ring (bicyclic) bond motifs is 1. The number of amides is 1. The van der Waals surface area contributed by atoms with E-state index in [0.29, 0.717) is 0 Å². The van der Waals surface area contributed by atoms with Crippen LogP contribution in [0.2, 0.25) is 0 Å². The lowest BCUT2D eigenvalue weighted by Crippen LogP contribution is -2.25. The van der Waals surface area contributed by atoms with Crippen molar-refractivity contribution < 1.29 is 9.53 Å². The van der Waals surface area contributed by atoms with Crippen LogP contribution in [0, 0.1) is 5.41 Å². The molecule has 24 heavy (non-hydrogen) atoms. The normalized spacial score (nSPS) is 18.1. The molecule has 2 aromatic carbocycles. The van der Waals surface area contributed by atoms with Gasteiger partial charge in [0.05, 0.1) is 0 Å². The van der Waals surface area contributed by atoms with Crippen LogP contribution in [-0.4, -0.2) is 20.2 Å². The van der Waals surface area contributed by atoms with E-state index in [1.165, 1.54) is 22.4 Å². The summed E-state index contributed by atoms with van der Waals surface area (Å²) in [7, 11) is 4.08. The fourth-order valence-corrected chi connectivity index (χ4v) is 3.50. The summed E-state index contributed by atoms with van der Waals surface area (Å²) in [5.41, 5.74) is 10.9. The van der Waals surface area contributed by atoms with Gasteiger partial charge in [-0.3, -0.25) is 0 Å². The molecule has 0 bridgehead atoms. The van der Waals surface area contributed by atoms with Gasteiger partial charge in [0, 0.05) is 25.2 Å². The molecule has 0 saturated heterocycles. The zero-order chi connectivity index (χ0) is 17.5. The number of carbonyl (C=O) groups excluding carboxylic acids is 1. The van der Waals surface area contributed by atoms with Crippen LogP contribution in [0.15, 0.2) is 42.5 Å². The molecule has 4 heteroatoms. The maximum absolute atomic E-state index is 11.2. The summed E-state index contributed by atoms with van der Waals surface area (Å²) in [6.45, 7) is 4.21. The predicted molar refractivity (Wildman–Crippen MR) is 97.1 cm³/mol. The highest BCUT2D eigenvalue weighted by molar-refractivity contribution is 5.70. The molecule has 0 heterocycles. The Morgan fingerprint density at radius 2 is 1.88 bits per heavy atom. The smallest absolute Gasteiger partial charge is 0.405 e. The Balaban J connectivity index is 1.99. The van der Waals surface area contributed by atoms with Crippen molar-refractivity contribution in [2.45, 2.75) is 26.4 Å². The number of nitrogens with zero attached hydrogens (tertiary/aromatic N) is 1. The van der Waals surface area contributed by atoms with Crippen molar-refractivity contribution in [1.29, 1.82) is 0 Å². The van der Waals surface area contributed by atoms with Gasteiger partial charge in [-0.1, -0.05) is 44.2 Å². The minimum atomic E-state index is -0.719. The molecule has 2 aromatic rings. The fraction of sp³-hybridized carbons (Fsp3) is 0.350. The third-order valence-corrected chi connectivity index (χ3v) is 4.71. The van der Waals surface area contributed by atoms with E-state index in [-0.39, 0.29) is 11.5 Å². The first kappa shape index (κ1) is 16.4. The number of ether oxygens (including phenoxy) is 1. The lowest BCUT2D eigenvalue weighted by Gasteiger charge is -2.26. The number of carbonyl (C=O) groups is 1. The van der Waals surface area contributed by atoms with Gasteiger partial charge in [-0.15, -0.1) is 0 Å². The van der Waals surface area contributed by atoms with Crippen LogP contribution in [-0.2, 0) is 11.2 Å². The second-order valence-corrected chi connectivity index (χ2v) is 7.34. The van der Waals surface area contributed by atoms with Crippen LogP contribution in [0.25, 0.3) is 11.1 Å². The lowest BCUT2D eigenvalue weighted by molar-refractivity contribution is 0.0392. The van der Waals surface area contributed by atoms with Crippen LogP contribution >= 0.6 is 0 Å². The molecule has 0 spiro atoms. The van der Waals surface area contributed by atoms with Gasteiger partial charge in [-0.05, 0) is 40.8 Å². The van der Waals surface area contributed by atoms with Gasteiger partial charge < -0.3 is 15.4 Å². The molecule has 1 atom stereocenters. The zero-order valence-electron chi connectivity index (χ0n) is 14.7. The monoisotopic (exact) mass is 324 g/mol. The van der Waals surface area contributed by atoms with Gasteiger partial charge in [-0.2, -0.15) is 0 Å². The van der Waals surface area contributed by atoms with E-state index < -0.39 is 6.09 Å². The molecular formula is C20H24N2O2. The Labute approximate surface area is 143 Å². The second kappa shape index (κ2) is 5.86. The van der Waals surface area contributed by atoms with Crippen molar-refractivity contribution in [3.8, 4) is 11.1 Å². The third kappa shape index (κ3) is 2.96. The number of benzene rings is 2. The van der Waals surface area contributed by atoms with Crippen LogP contribution < -0.4 is 10.6 Å². The number of nitrogens with two attached hydrogens (primary N) is 1. The molecule has 0 radical (unpaired) electrons. The van der Waals surface area contributed by atoms with E-state index in [4.69, 9.17) is 10.5 Å². The van der Waals surface area contributed by atoms with Crippen molar-refractivity contribution in [3.63, 3.8) is 0 Å². The maximum Gasteiger partial charge on any atom is 0.405 e. The average Bonchev–Trinajstić information content (AvgIpc) is 2.76. The van der Waals surface area contributed by atoms with E-state index in [1.807, 2.05) is 14.1 Å². The number of rotatable bonds is 3. The van der Waals surface area contributed by atoms with Gasteiger partial charge >= 0.3 is 6.09 Å². The summed E-state index contributed by atoms with van der Waals surface area (Å²) >= 11 is 0. The van der Waals surface area contributed by atoms with Crippen molar-refractivity contribution in [2.24, 2.45) is 11.1 Å². The maximum atomic E-state index is 11.2. The predicted octanol–water partition coefficient (Wildman–Crippen LogP) is 4.14. The second-order valence-electron chi connectivity index (χ2n) is 7.34. The van der Waals surface area contributed by atoms with Crippen molar-refractivity contribution in [2.75, 3.05) is 19.0 Å². The first-order valence-electron chi connectivity index (χ1n) is 8.14. The highest BCUT2D eigenvalue weighted by atomic mass is 16.6. The van der Waals surface area contributed by atoms with Crippen LogP contribution in [0.3, 0.4) is 0 Å². The highest BCUT2D eigenvalue weighted by Crippen LogP contribution is 2.48. The number of hydrogen-bond donors (Lipinski definition) is 1. The summed E-state index contributed by atoms with van der Waals surface area (Å²) in [4.78, 5) is 13.3. The lowest BCUT2D eigenvalue weighted by atomic mass is 9.87. The molecule has 1 aliphatic carbocycles. The standard InChI is InChI=1S/C20H24N2O2/c1-20(2)12-15-10-14(8-9-17(15)18(20)24-19(21)23)13-6-5-7-16(11-13)22(3)4/h5-11,18H,12H2,1-4H3,(H2,21,23). The van der Waals surface area contributed by atoms with Gasteiger partial charge in [0.15, 0.2) is 0 Å². The molecular weight excluding hydrogens is 300 g/mol. The summed E-state index contributed by atoms with van der Waals surface area (Å²) in [5, 5.41) is 0. The molecule has 1 amide bonds. The first-order valence-corrected chi connectivity index (χ1v) is 8.14. The van der Waals surface area contributed by atoms with Gasteiger partial charge in [-0.25, -0.2) is 4.79 Å². The highest BCUT2D eigenvalue weighted by Gasteiger charge is 2.41. The quantitative estimate of drug-likeness (QED) is 0.923. The summed E-state index contributed by atoms with van der Waals surface area (Å²) < 4.78 is 5.38. The van der Waals surface area contributed by atoms with E-state index >= 15 is 0 Å². The average molecular weight is 324 g/mol. The van der Waals surface area contributed by atoms with Crippen LogP contribution in [0.5, 0.6) is 0 Å². The SMILES string of the molecule is CN(C)c1cccc(-c2ccc3c(c2)CC(C)(C)C3OC(N)=O)c1. The Hall–Kier alpha value is -2.49. The number of anilines is 1. The zero-order valence-corrected chi connectivity index (χ0v) is 14.7. The molecule has 0 fully saturated rings. The summed E-state index contributed by atoms with van der Waals surface area (Å²) in [5.74, 6) is 0. The molecule has 4 nitrogen and oxygen atoms in total. The van der Waals surface area contributed by atoms with Gasteiger partial charge in [0.25, 0.3) is 0 Å². The van der Waals surface area contributed by atoms with Crippen LogP contribution in [0.1, 0.15) is 31.1 Å². The molecule has 2 N–H and O–H groups in total. The topological polar surface area (TPSA) is 55.6 Å². The molecule has 0 aliphatic heterocycles. The Bertz CT molecular complexity index is 781. The minimum Gasteiger partial charge on any atom is -0.441 e. The number of primary amides is 1. The molecule has 0 aromatic heterocycles. The van der Waals surface area contributed by atoms with E-state index in [0.717, 1.165) is 12.0 Å². The van der Waals surface area contributed by atoms with Gasteiger partial charge in [0.2, 0.25) is 0 Å². The van der Waals surface area contributed by atoms with Crippen molar-refractivity contribution in [3.05, 3.63) is 53.6 Å². The Morgan fingerprint density at radius 1 is 1.17 bits per heavy atom. The van der Waals surface area contributed by atoms with E-state index in [2.05, 4.69) is 61.2 Å². The van der Waals surface area contributed by atoms with E-state index in [9.17, 15) is 4.79 Å². The van der Waals surface area contributed by atoms with Crippen molar-refractivity contribution in [1.82, 2.24) is 0 Å². The largest absolute Gasteiger partial charge is 0.441 e. The summed E-state index contributed by atoms with van der Waals surface area (Å²) in [6, 6.07) is 14.8. The molecule has 1 aliphatic rings. The minimum absolute atomic E-state index is 0.151. The summed E-state index contributed by atoms with van der Waals surface area (Å²) in [6.07, 6.45) is -0.141. The Morgan fingerprint density at radius 3 is 2.54 bits per heavy atom. The number of hydrogen-bond acceptors (Lipinski definition) is 3. The van der Waals surface area contributed by atoms with Crippen LogP contribution in [0.4, 0.5) is 10.5 Å².